The molecule has 0 spiro atoms. The second-order valence-electron chi connectivity index (χ2n) is 4.36. The Morgan fingerprint density at radius 3 is 2.93 bits per heavy atom. The lowest BCUT2D eigenvalue weighted by Crippen LogP contribution is -2.20. The third kappa shape index (κ3) is 2.73. The monoisotopic (exact) mass is 223 g/mol. The van der Waals surface area contributed by atoms with E-state index in [1.807, 2.05) is 6.07 Å². The molecule has 15 heavy (non-hydrogen) atoms. The molecule has 1 nitrogen and oxygen atoms in total. The molecule has 1 fully saturated rings. The van der Waals surface area contributed by atoms with Crippen molar-refractivity contribution in [3.63, 3.8) is 0 Å². The molecular formula is C13H18ClN. The predicted octanol–water partition coefficient (Wildman–Crippen LogP) is 3.85. The van der Waals surface area contributed by atoms with Gasteiger partial charge in [0, 0.05) is 11.1 Å². The molecule has 1 saturated heterocycles. The molecule has 1 aliphatic rings. The smallest absolute Gasteiger partial charge is 0.0435 e. The van der Waals surface area contributed by atoms with E-state index in [9.17, 15) is 0 Å². The van der Waals surface area contributed by atoms with Gasteiger partial charge in [0.2, 0.25) is 0 Å². The molecule has 1 aromatic carbocycles. The lowest BCUT2D eigenvalue weighted by atomic mass is 10.0. The second kappa shape index (κ2) is 5.00. The van der Waals surface area contributed by atoms with Gasteiger partial charge in [0.15, 0.2) is 0 Å². The summed E-state index contributed by atoms with van der Waals surface area (Å²) in [5, 5.41) is 4.47. The quantitative estimate of drug-likeness (QED) is 0.763. The van der Waals surface area contributed by atoms with Gasteiger partial charge >= 0.3 is 0 Å². The van der Waals surface area contributed by atoms with E-state index in [1.54, 1.807) is 0 Å². The number of nitrogens with one attached hydrogen (secondary N) is 1. The van der Waals surface area contributed by atoms with E-state index in [4.69, 9.17) is 11.6 Å². The van der Waals surface area contributed by atoms with Crippen LogP contribution in [0.2, 0.25) is 5.02 Å². The first kappa shape index (κ1) is 11.0. The van der Waals surface area contributed by atoms with Crippen molar-refractivity contribution >= 4 is 11.6 Å². The van der Waals surface area contributed by atoms with E-state index in [2.05, 4.69) is 24.4 Å². The molecule has 1 heterocycles. The van der Waals surface area contributed by atoms with Crippen LogP contribution in [0.25, 0.3) is 0 Å². The van der Waals surface area contributed by atoms with Crippen LogP contribution >= 0.6 is 11.6 Å². The second-order valence-corrected chi connectivity index (χ2v) is 4.77. The number of benzene rings is 1. The maximum Gasteiger partial charge on any atom is 0.0435 e. The average molecular weight is 224 g/mol. The van der Waals surface area contributed by atoms with E-state index in [0.29, 0.717) is 6.04 Å². The summed E-state index contributed by atoms with van der Waals surface area (Å²) in [5.74, 6) is 0. The van der Waals surface area contributed by atoms with Crippen molar-refractivity contribution in [1.29, 1.82) is 0 Å². The van der Waals surface area contributed by atoms with Crippen LogP contribution in [-0.2, 0) is 0 Å². The summed E-state index contributed by atoms with van der Waals surface area (Å²) in [6.07, 6.45) is 5.25. The number of hydrogen-bond donors (Lipinski definition) is 1. The Labute approximate surface area is 96.8 Å². The van der Waals surface area contributed by atoms with Crippen molar-refractivity contribution < 1.29 is 0 Å². The van der Waals surface area contributed by atoms with E-state index in [1.165, 1.54) is 36.8 Å². The summed E-state index contributed by atoms with van der Waals surface area (Å²) < 4.78 is 0. The molecule has 0 amide bonds. The van der Waals surface area contributed by atoms with Crippen LogP contribution in [0.4, 0.5) is 0 Å². The van der Waals surface area contributed by atoms with Gasteiger partial charge in [-0.2, -0.15) is 0 Å². The maximum absolute atomic E-state index is 6.03. The van der Waals surface area contributed by atoms with E-state index < -0.39 is 0 Å². The first-order valence-corrected chi connectivity index (χ1v) is 6.14. The SMILES string of the molecule is Cc1cc(C2CCCCCN2)ccc1Cl. The van der Waals surface area contributed by atoms with Gasteiger partial charge in [-0.1, -0.05) is 36.6 Å². The molecule has 1 N–H and O–H groups in total. The van der Waals surface area contributed by atoms with Crippen LogP contribution in [-0.4, -0.2) is 6.54 Å². The number of halogens is 1. The van der Waals surface area contributed by atoms with Gasteiger partial charge in [0.05, 0.1) is 0 Å². The maximum atomic E-state index is 6.03. The van der Waals surface area contributed by atoms with Crippen LogP contribution in [0.15, 0.2) is 18.2 Å². The first-order valence-electron chi connectivity index (χ1n) is 5.77. The van der Waals surface area contributed by atoms with Crippen molar-refractivity contribution in [2.45, 2.75) is 38.6 Å². The Morgan fingerprint density at radius 2 is 2.13 bits per heavy atom. The molecule has 2 heteroatoms. The molecular weight excluding hydrogens is 206 g/mol. The molecule has 0 aromatic heterocycles. The van der Waals surface area contributed by atoms with Crippen molar-refractivity contribution in [3.05, 3.63) is 34.3 Å². The van der Waals surface area contributed by atoms with Crippen molar-refractivity contribution in [3.8, 4) is 0 Å². The number of aryl methyl sites for hydroxylation is 1. The topological polar surface area (TPSA) is 12.0 Å². The molecule has 0 radical (unpaired) electrons. The molecule has 0 bridgehead atoms. The highest BCUT2D eigenvalue weighted by Gasteiger charge is 2.13. The first-order chi connectivity index (χ1) is 7.27. The molecule has 1 aliphatic heterocycles. The van der Waals surface area contributed by atoms with Gasteiger partial charge in [-0.25, -0.2) is 0 Å². The molecule has 0 aliphatic carbocycles. The zero-order valence-corrected chi connectivity index (χ0v) is 9.98. The standard InChI is InChI=1S/C13H18ClN/c1-10-9-11(6-7-12(10)14)13-5-3-2-4-8-15-13/h6-7,9,13,15H,2-5,8H2,1H3. The Kier molecular flexibility index (Phi) is 3.66. The summed E-state index contributed by atoms with van der Waals surface area (Å²) >= 11 is 6.03. The lowest BCUT2D eigenvalue weighted by molar-refractivity contribution is 0.534. The summed E-state index contributed by atoms with van der Waals surface area (Å²) in [7, 11) is 0. The summed E-state index contributed by atoms with van der Waals surface area (Å²) in [6, 6.07) is 6.91. The van der Waals surface area contributed by atoms with E-state index >= 15 is 0 Å². The Balaban J connectivity index is 2.16. The van der Waals surface area contributed by atoms with Crippen LogP contribution in [0.5, 0.6) is 0 Å². The third-order valence-corrected chi connectivity index (χ3v) is 3.57. The van der Waals surface area contributed by atoms with Crippen molar-refractivity contribution in [1.82, 2.24) is 5.32 Å². The lowest BCUT2D eigenvalue weighted by Gasteiger charge is -2.17. The summed E-state index contributed by atoms with van der Waals surface area (Å²) in [6.45, 7) is 3.22. The largest absolute Gasteiger partial charge is 0.310 e. The van der Waals surface area contributed by atoms with Gasteiger partial charge in [0.25, 0.3) is 0 Å². The fraction of sp³-hybridized carbons (Fsp3) is 0.538. The van der Waals surface area contributed by atoms with Crippen LogP contribution < -0.4 is 5.32 Å². The molecule has 1 atom stereocenters. The minimum atomic E-state index is 0.531. The van der Waals surface area contributed by atoms with Gasteiger partial charge in [-0.3, -0.25) is 0 Å². The van der Waals surface area contributed by atoms with Crippen LogP contribution in [0.1, 0.15) is 42.9 Å². The van der Waals surface area contributed by atoms with Gasteiger partial charge in [-0.05, 0) is 43.5 Å². The number of rotatable bonds is 1. The third-order valence-electron chi connectivity index (χ3n) is 3.14. The molecule has 0 saturated carbocycles. The molecule has 1 aromatic rings. The predicted molar refractivity (Wildman–Crippen MR) is 65.4 cm³/mol. The summed E-state index contributed by atoms with van der Waals surface area (Å²) in [5.41, 5.74) is 2.57. The average Bonchev–Trinajstić information content (AvgIpc) is 2.50. The number of hydrogen-bond acceptors (Lipinski definition) is 1. The fourth-order valence-corrected chi connectivity index (χ4v) is 2.32. The Morgan fingerprint density at radius 1 is 1.27 bits per heavy atom. The molecule has 2 rings (SSSR count). The summed E-state index contributed by atoms with van der Waals surface area (Å²) in [4.78, 5) is 0. The minimum Gasteiger partial charge on any atom is -0.310 e. The zero-order valence-electron chi connectivity index (χ0n) is 9.22. The van der Waals surface area contributed by atoms with Crippen LogP contribution in [0.3, 0.4) is 0 Å². The van der Waals surface area contributed by atoms with Crippen molar-refractivity contribution in [2.75, 3.05) is 6.54 Å². The van der Waals surface area contributed by atoms with Crippen LogP contribution in [0, 0.1) is 6.92 Å². The highest BCUT2D eigenvalue weighted by atomic mass is 35.5. The highest BCUT2D eigenvalue weighted by Crippen LogP contribution is 2.25. The van der Waals surface area contributed by atoms with Gasteiger partial charge in [0.1, 0.15) is 0 Å². The molecule has 1 unspecified atom stereocenters. The van der Waals surface area contributed by atoms with Gasteiger partial charge in [-0.15, -0.1) is 0 Å². The fourth-order valence-electron chi connectivity index (χ4n) is 2.20. The normalized spacial score (nSPS) is 22.4. The van der Waals surface area contributed by atoms with Gasteiger partial charge < -0.3 is 5.32 Å². The van der Waals surface area contributed by atoms with E-state index in [-0.39, 0.29) is 0 Å². The Hall–Kier alpha value is -0.530. The molecule has 82 valence electrons. The minimum absolute atomic E-state index is 0.531. The Bertz CT molecular complexity index is 327. The van der Waals surface area contributed by atoms with Crippen molar-refractivity contribution in [2.24, 2.45) is 0 Å². The zero-order chi connectivity index (χ0) is 10.7. The van der Waals surface area contributed by atoms with E-state index in [0.717, 1.165) is 11.6 Å². The highest BCUT2D eigenvalue weighted by molar-refractivity contribution is 6.31.